The molecule has 0 spiro atoms. The molecule has 0 saturated heterocycles. The van der Waals surface area contributed by atoms with Crippen molar-refractivity contribution in [3.05, 3.63) is 74.2 Å². The van der Waals surface area contributed by atoms with Crippen LogP contribution in [0.3, 0.4) is 0 Å². The Labute approximate surface area is 194 Å². The number of aromatic amines is 1. The molecule has 3 aromatic heterocycles. The first-order valence-corrected chi connectivity index (χ1v) is 11.7. The Bertz CT molecular complexity index is 1360. The Balaban J connectivity index is 1.35. The molecule has 1 atom stereocenters. The van der Waals surface area contributed by atoms with Crippen LogP contribution >= 0.6 is 8.38 Å². The van der Waals surface area contributed by atoms with Gasteiger partial charge < -0.3 is 32.9 Å². The number of nitrogens with one attached hydrogen (secondary N) is 1. The number of aryl methyl sites for hydroxylation is 2. The second-order valence-electron chi connectivity index (χ2n) is 7.40. The van der Waals surface area contributed by atoms with Gasteiger partial charge in [0, 0.05) is 6.54 Å². The summed E-state index contributed by atoms with van der Waals surface area (Å²) in [7, 11) is -1.47. The van der Waals surface area contributed by atoms with Crippen LogP contribution in [0.5, 0.6) is 0 Å². The van der Waals surface area contributed by atoms with E-state index in [9.17, 15) is 9.59 Å². The van der Waals surface area contributed by atoms with Gasteiger partial charge in [-0.25, -0.2) is 9.78 Å². The number of hydrogen-bond donors (Lipinski definition) is 2. The predicted octanol–water partition coefficient (Wildman–Crippen LogP) is 2.58. The third-order valence-electron chi connectivity index (χ3n) is 4.84. The maximum Gasteiger partial charge on any atom is 0.519 e. The van der Waals surface area contributed by atoms with E-state index in [1.807, 2.05) is 31.2 Å². The maximum absolute atomic E-state index is 11.9. The summed E-state index contributed by atoms with van der Waals surface area (Å²) in [5.41, 5.74) is 7.96. The molecule has 34 heavy (non-hydrogen) atoms. The van der Waals surface area contributed by atoms with Crippen LogP contribution in [0.15, 0.2) is 49.0 Å². The van der Waals surface area contributed by atoms with E-state index >= 15 is 0 Å². The molecule has 3 heterocycles. The minimum absolute atomic E-state index is 0.0126. The summed E-state index contributed by atoms with van der Waals surface area (Å²) in [5.74, 6) is -0.107. The van der Waals surface area contributed by atoms with Crippen molar-refractivity contribution in [1.82, 2.24) is 19.5 Å². The van der Waals surface area contributed by atoms with Crippen LogP contribution in [0.1, 0.15) is 22.6 Å². The van der Waals surface area contributed by atoms with E-state index in [-0.39, 0.29) is 31.0 Å². The van der Waals surface area contributed by atoms with Crippen LogP contribution < -0.4 is 17.1 Å². The smallest absolute Gasteiger partial charge is 0.396 e. The molecule has 13 heteroatoms. The molecule has 0 saturated carbocycles. The fourth-order valence-corrected chi connectivity index (χ4v) is 4.07. The third-order valence-corrected chi connectivity index (χ3v) is 6.06. The summed E-state index contributed by atoms with van der Waals surface area (Å²) in [5, 5.41) is 0. The zero-order valence-electron chi connectivity index (χ0n) is 18.6. The Morgan fingerprint density at radius 3 is 2.62 bits per heavy atom. The number of imidazole rings is 1. The van der Waals surface area contributed by atoms with Crippen LogP contribution in [0.2, 0.25) is 0 Å². The van der Waals surface area contributed by atoms with Crippen molar-refractivity contribution >= 4 is 25.5 Å². The van der Waals surface area contributed by atoms with Crippen LogP contribution in [-0.4, -0.2) is 32.5 Å². The van der Waals surface area contributed by atoms with Gasteiger partial charge in [0.25, 0.3) is 5.56 Å². The first-order valence-electron chi connectivity index (χ1n) is 10.4. The van der Waals surface area contributed by atoms with Crippen molar-refractivity contribution in [2.24, 2.45) is 0 Å². The van der Waals surface area contributed by atoms with Crippen molar-refractivity contribution in [2.75, 3.05) is 18.7 Å². The maximum atomic E-state index is 11.9. The molecule has 4 rings (SSSR count). The average Bonchev–Trinajstić information content (AvgIpc) is 3.35. The number of benzene rings is 1. The molecule has 0 fully saturated rings. The molecule has 180 valence electrons. The van der Waals surface area contributed by atoms with Crippen LogP contribution in [-0.2, 0) is 33.5 Å². The molecule has 0 amide bonds. The second-order valence-corrected chi connectivity index (χ2v) is 8.84. The molecule has 12 nitrogen and oxygen atoms in total. The standard InChI is InChI=1S/C21H24N5O7P/c1-13-3-5-15(6-4-13)9-30-34(31-10-16-14(2)32-21(28)33-16)12-29-8-7-26-11-23-17-18(26)24-20(22)25-19(17)27/h3-6,11H,7-10,12H2,1-2H3,(H3,22,24,25,27). The predicted molar refractivity (Wildman–Crippen MR) is 123 cm³/mol. The van der Waals surface area contributed by atoms with Gasteiger partial charge in [0.05, 0.1) is 19.5 Å². The second kappa shape index (κ2) is 10.7. The molecule has 1 aromatic carbocycles. The summed E-state index contributed by atoms with van der Waals surface area (Å²) in [4.78, 5) is 33.8. The Morgan fingerprint density at radius 2 is 1.88 bits per heavy atom. The van der Waals surface area contributed by atoms with E-state index in [2.05, 4.69) is 15.0 Å². The minimum atomic E-state index is -1.47. The number of rotatable bonds is 11. The van der Waals surface area contributed by atoms with Crippen molar-refractivity contribution in [3.63, 3.8) is 0 Å². The van der Waals surface area contributed by atoms with Gasteiger partial charge in [-0.3, -0.25) is 9.78 Å². The van der Waals surface area contributed by atoms with E-state index in [1.165, 1.54) is 6.33 Å². The van der Waals surface area contributed by atoms with E-state index in [0.717, 1.165) is 11.1 Å². The lowest BCUT2D eigenvalue weighted by Crippen LogP contribution is -2.13. The summed E-state index contributed by atoms with van der Waals surface area (Å²) < 4.78 is 29.1. The fraction of sp³-hybridized carbons (Fsp3) is 0.333. The molecule has 1 unspecified atom stereocenters. The topological polar surface area (TPSA) is 161 Å². The highest BCUT2D eigenvalue weighted by molar-refractivity contribution is 7.46. The highest BCUT2D eigenvalue weighted by Gasteiger charge is 2.16. The number of nitrogens with zero attached hydrogens (tertiary/aromatic N) is 3. The van der Waals surface area contributed by atoms with Gasteiger partial charge in [0.15, 0.2) is 25.3 Å². The summed E-state index contributed by atoms with van der Waals surface area (Å²) in [6.45, 7) is 4.66. The van der Waals surface area contributed by atoms with Gasteiger partial charge in [-0.2, -0.15) is 4.98 Å². The highest BCUT2D eigenvalue weighted by atomic mass is 31.2. The van der Waals surface area contributed by atoms with Crippen molar-refractivity contribution < 1.29 is 22.6 Å². The summed E-state index contributed by atoms with van der Waals surface area (Å²) in [6, 6.07) is 7.97. The van der Waals surface area contributed by atoms with Crippen molar-refractivity contribution in [2.45, 2.75) is 33.6 Å². The van der Waals surface area contributed by atoms with Gasteiger partial charge in [-0.1, -0.05) is 29.8 Å². The minimum Gasteiger partial charge on any atom is -0.396 e. The number of nitrogens with two attached hydrogens (primary N) is 1. The number of nitrogen functional groups attached to an aromatic ring is 1. The molecule has 0 radical (unpaired) electrons. The van der Waals surface area contributed by atoms with Gasteiger partial charge >= 0.3 is 5.82 Å². The van der Waals surface area contributed by atoms with Crippen molar-refractivity contribution in [1.29, 1.82) is 0 Å². The van der Waals surface area contributed by atoms with E-state index in [0.29, 0.717) is 30.3 Å². The number of hydrogen-bond acceptors (Lipinski definition) is 10. The lowest BCUT2D eigenvalue weighted by molar-refractivity contribution is 0.136. The highest BCUT2D eigenvalue weighted by Crippen LogP contribution is 2.40. The molecule has 3 N–H and O–H groups in total. The summed E-state index contributed by atoms with van der Waals surface area (Å²) >= 11 is 0. The molecule has 0 aliphatic carbocycles. The van der Waals surface area contributed by atoms with Crippen LogP contribution in [0.4, 0.5) is 5.95 Å². The number of fused-ring (bicyclic) bond motifs is 1. The lowest BCUT2D eigenvalue weighted by atomic mass is 10.2. The summed E-state index contributed by atoms with van der Waals surface area (Å²) in [6.07, 6.45) is 1.68. The zero-order chi connectivity index (χ0) is 24.1. The molecular formula is C21H24N5O7P. The molecule has 4 aromatic rings. The number of aromatic nitrogens is 4. The van der Waals surface area contributed by atoms with Gasteiger partial charge in [-0.05, 0) is 19.4 Å². The number of H-pyrrole nitrogens is 1. The first-order chi connectivity index (χ1) is 16.4. The van der Waals surface area contributed by atoms with Gasteiger partial charge in [0.2, 0.25) is 5.95 Å². The number of anilines is 1. The normalized spacial score (nSPS) is 12.4. The third kappa shape index (κ3) is 5.97. The Kier molecular flexibility index (Phi) is 7.53. The monoisotopic (exact) mass is 489 g/mol. The van der Waals surface area contributed by atoms with Crippen molar-refractivity contribution in [3.8, 4) is 0 Å². The molecule has 0 aliphatic rings. The molecule has 0 aliphatic heterocycles. The lowest BCUT2D eigenvalue weighted by Gasteiger charge is -2.17. The zero-order valence-corrected chi connectivity index (χ0v) is 19.5. The number of ether oxygens (including phenoxy) is 1. The van der Waals surface area contributed by atoms with E-state index in [1.54, 1.807) is 11.5 Å². The quantitative estimate of drug-likeness (QED) is 0.237. The van der Waals surface area contributed by atoms with Gasteiger partial charge in [0.1, 0.15) is 18.7 Å². The Hall–Kier alpha value is -3.31. The molecular weight excluding hydrogens is 465 g/mol. The van der Waals surface area contributed by atoms with E-state index in [4.69, 9.17) is 28.4 Å². The SMILES string of the molecule is Cc1ccc(COP(COCCn2cnc3c(=O)[nH]c(N)nc32)OCc2oc(=O)oc2C)cc1. The Morgan fingerprint density at radius 1 is 1.12 bits per heavy atom. The van der Waals surface area contributed by atoms with Crippen LogP contribution in [0, 0.1) is 13.8 Å². The van der Waals surface area contributed by atoms with Crippen LogP contribution in [0.25, 0.3) is 11.2 Å². The average molecular weight is 489 g/mol. The van der Waals surface area contributed by atoms with Gasteiger partial charge in [-0.15, -0.1) is 0 Å². The molecule has 0 bridgehead atoms. The fourth-order valence-electron chi connectivity index (χ4n) is 3.02. The largest absolute Gasteiger partial charge is 0.519 e. The first kappa shape index (κ1) is 23.8. The van der Waals surface area contributed by atoms with E-state index < -0.39 is 19.8 Å².